The third kappa shape index (κ3) is 2.55. The van der Waals surface area contributed by atoms with Crippen LogP contribution in [0.1, 0.15) is 12.0 Å². The molecule has 0 saturated carbocycles. The molecule has 1 aromatic carbocycles. The van der Waals surface area contributed by atoms with Crippen LogP contribution in [-0.2, 0) is 11.3 Å². The molecule has 0 radical (unpaired) electrons. The van der Waals surface area contributed by atoms with Crippen molar-refractivity contribution < 1.29 is 9.53 Å². The molecule has 1 aliphatic rings. The summed E-state index contributed by atoms with van der Waals surface area (Å²) in [4.78, 5) is 13.8. The Morgan fingerprint density at radius 3 is 2.62 bits per heavy atom. The van der Waals surface area contributed by atoms with Crippen molar-refractivity contribution in [1.29, 1.82) is 0 Å². The number of alkyl halides is 1. The van der Waals surface area contributed by atoms with Crippen LogP contribution in [0.25, 0.3) is 0 Å². The molecule has 2 rings (SSSR count). The van der Waals surface area contributed by atoms with E-state index >= 15 is 0 Å². The summed E-state index contributed by atoms with van der Waals surface area (Å²) >= 11 is 3.47. The van der Waals surface area contributed by atoms with Crippen LogP contribution in [0.3, 0.4) is 0 Å². The number of likely N-dealkylation sites (tertiary alicyclic amines) is 1. The number of nitrogens with zero attached hydrogens (tertiary/aromatic N) is 1. The second kappa shape index (κ2) is 4.87. The minimum absolute atomic E-state index is 0.220. The molecule has 0 aliphatic carbocycles. The number of methoxy groups -OCH3 is 1. The number of amides is 1. The number of carbonyl (C=O) groups excluding carboxylic acids is 1. The fraction of sp³-hybridized carbons (Fsp3) is 0.417. The number of hydrogen-bond donors (Lipinski definition) is 0. The van der Waals surface area contributed by atoms with Gasteiger partial charge in [-0.3, -0.25) is 4.79 Å². The average Bonchev–Trinajstić information content (AvgIpc) is 2.59. The lowest BCUT2D eigenvalue weighted by molar-refractivity contribution is -0.128. The van der Waals surface area contributed by atoms with Gasteiger partial charge in [-0.05, 0) is 17.7 Å². The third-order valence-corrected chi connectivity index (χ3v) is 3.31. The zero-order valence-electron chi connectivity index (χ0n) is 9.15. The molecule has 0 bridgehead atoms. The molecule has 16 heavy (non-hydrogen) atoms. The van der Waals surface area contributed by atoms with E-state index in [0.717, 1.165) is 17.9 Å². The molecule has 86 valence electrons. The van der Waals surface area contributed by atoms with E-state index in [-0.39, 0.29) is 5.91 Å². The summed E-state index contributed by atoms with van der Waals surface area (Å²) in [5, 5.41) is 0. The van der Waals surface area contributed by atoms with Gasteiger partial charge in [0.25, 0.3) is 0 Å². The monoisotopic (exact) mass is 283 g/mol. The van der Waals surface area contributed by atoms with E-state index in [2.05, 4.69) is 15.9 Å². The van der Waals surface area contributed by atoms with Crippen molar-refractivity contribution in [3.8, 4) is 5.75 Å². The van der Waals surface area contributed by atoms with Gasteiger partial charge in [0, 0.05) is 24.3 Å². The highest BCUT2D eigenvalue weighted by atomic mass is 79.9. The molecule has 1 heterocycles. The van der Waals surface area contributed by atoms with Crippen molar-refractivity contribution >= 4 is 21.8 Å². The standard InChI is InChI=1S/C12H14BrNO2/c1-16-11-4-2-9(3-5-11)7-14-8-10(13)6-12(14)15/h2-5,10H,6-8H2,1H3. The number of hydrogen-bond acceptors (Lipinski definition) is 2. The number of ether oxygens (including phenoxy) is 1. The summed E-state index contributed by atoms with van der Waals surface area (Å²) in [6.45, 7) is 1.48. The summed E-state index contributed by atoms with van der Waals surface area (Å²) in [5.41, 5.74) is 1.13. The summed E-state index contributed by atoms with van der Waals surface area (Å²) < 4.78 is 5.09. The minimum atomic E-state index is 0.220. The average molecular weight is 284 g/mol. The predicted octanol–water partition coefficient (Wildman–Crippen LogP) is 2.19. The zero-order chi connectivity index (χ0) is 11.5. The molecule has 1 aliphatic heterocycles. The maximum atomic E-state index is 11.6. The summed E-state index contributed by atoms with van der Waals surface area (Å²) in [5.74, 6) is 1.06. The Morgan fingerprint density at radius 2 is 2.12 bits per heavy atom. The van der Waals surface area contributed by atoms with Crippen molar-refractivity contribution in [3.63, 3.8) is 0 Å². The second-order valence-corrected chi connectivity index (χ2v) is 5.22. The molecule has 0 spiro atoms. The van der Waals surface area contributed by atoms with Gasteiger partial charge in [-0.2, -0.15) is 0 Å². The lowest BCUT2D eigenvalue weighted by atomic mass is 10.2. The van der Waals surface area contributed by atoms with Gasteiger partial charge in [-0.15, -0.1) is 0 Å². The molecule has 1 aromatic rings. The Labute approximate surface area is 104 Å². The highest BCUT2D eigenvalue weighted by Crippen LogP contribution is 2.21. The fourth-order valence-corrected chi connectivity index (χ4v) is 2.45. The van der Waals surface area contributed by atoms with Gasteiger partial charge in [-0.25, -0.2) is 0 Å². The van der Waals surface area contributed by atoms with Crippen LogP contribution in [0.15, 0.2) is 24.3 Å². The van der Waals surface area contributed by atoms with Crippen molar-refractivity contribution in [1.82, 2.24) is 4.90 Å². The first-order valence-electron chi connectivity index (χ1n) is 5.24. The molecule has 1 fully saturated rings. The molecule has 1 saturated heterocycles. The number of halogens is 1. The smallest absolute Gasteiger partial charge is 0.224 e. The maximum absolute atomic E-state index is 11.6. The first-order valence-corrected chi connectivity index (χ1v) is 6.15. The first-order chi connectivity index (χ1) is 7.69. The van der Waals surface area contributed by atoms with E-state index in [9.17, 15) is 4.79 Å². The lowest BCUT2D eigenvalue weighted by Gasteiger charge is -2.15. The Balaban J connectivity index is 2.01. The van der Waals surface area contributed by atoms with Gasteiger partial charge in [0.15, 0.2) is 0 Å². The highest BCUT2D eigenvalue weighted by molar-refractivity contribution is 9.09. The van der Waals surface area contributed by atoms with Crippen molar-refractivity contribution in [2.24, 2.45) is 0 Å². The molecule has 4 heteroatoms. The quantitative estimate of drug-likeness (QED) is 0.796. The van der Waals surface area contributed by atoms with Gasteiger partial charge in [-0.1, -0.05) is 28.1 Å². The Bertz CT molecular complexity index is 377. The van der Waals surface area contributed by atoms with E-state index < -0.39 is 0 Å². The second-order valence-electron chi connectivity index (χ2n) is 3.92. The van der Waals surface area contributed by atoms with Crippen molar-refractivity contribution in [2.45, 2.75) is 17.8 Å². The zero-order valence-corrected chi connectivity index (χ0v) is 10.7. The Morgan fingerprint density at radius 1 is 1.44 bits per heavy atom. The van der Waals surface area contributed by atoms with E-state index in [1.807, 2.05) is 29.2 Å². The summed E-state index contributed by atoms with van der Waals surface area (Å²) in [7, 11) is 1.65. The van der Waals surface area contributed by atoms with Crippen LogP contribution in [0.5, 0.6) is 5.75 Å². The molecular formula is C12H14BrNO2. The molecule has 0 N–H and O–H groups in total. The normalized spacial score (nSPS) is 20.2. The fourth-order valence-electron chi connectivity index (χ4n) is 1.83. The molecule has 3 nitrogen and oxygen atoms in total. The third-order valence-electron chi connectivity index (χ3n) is 2.70. The minimum Gasteiger partial charge on any atom is -0.497 e. The number of rotatable bonds is 3. The van der Waals surface area contributed by atoms with Crippen LogP contribution in [0.4, 0.5) is 0 Å². The van der Waals surface area contributed by atoms with Crippen LogP contribution in [0, 0.1) is 0 Å². The van der Waals surface area contributed by atoms with E-state index in [1.54, 1.807) is 7.11 Å². The highest BCUT2D eigenvalue weighted by Gasteiger charge is 2.27. The van der Waals surface area contributed by atoms with Gasteiger partial charge in [0.1, 0.15) is 5.75 Å². The van der Waals surface area contributed by atoms with Gasteiger partial charge < -0.3 is 9.64 Å². The van der Waals surface area contributed by atoms with Crippen LogP contribution in [-0.4, -0.2) is 29.3 Å². The lowest BCUT2D eigenvalue weighted by Crippen LogP contribution is -2.24. The van der Waals surface area contributed by atoms with E-state index in [1.165, 1.54) is 0 Å². The molecule has 1 amide bonds. The molecule has 0 aromatic heterocycles. The Hall–Kier alpha value is -1.03. The molecule has 1 atom stereocenters. The number of benzene rings is 1. The predicted molar refractivity (Wildman–Crippen MR) is 65.7 cm³/mol. The maximum Gasteiger partial charge on any atom is 0.224 e. The molecular weight excluding hydrogens is 270 g/mol. The largest absolute Gasteiger partial charge is 0.497 e. The first kappa shape index (κ1) is 11.5. The summed E-state index contributed by atoms with van der Waals surface area (Å²) in [6, 6.07) is 7.82. The van der Waals surface area contributed by atoms with Crippen LogP contribution in [0.2, 0.25) is 0 Å². The summed E-state index contributed by atoms with van der Waals surface area (Å²) in [6.07, 6.45) is 0.607. The van der Waals surface area contributed by atoms with Gasteiger partial charge in [0.2, 0.25) is 5.91 Å². The van der Waals surface area contributed by atoms with Crippen LogP contribution >= 0.6 is 15.9 Å². The van der Waals surface area contributed by atoms with Crippen molar-refractivity contribution in [3.05, 3.63) is 29.8 Å². The SMILES string of the molecule is COc1ccc(CN2CC(Br)CC2=O)cc1. The van der Waals surface area contributed by atoms with Gasteiger partial charge in [0.05, 0.1) is 7.11 Å². The topological polar surface area (TPSA) is 29.5 Å². The van der Waals surface area contributed by atoms with E-state index in [4.69, 9.17) is 4.74 Å². The van der Waals surface area contributed by atoms with Crippen LogP contribution < -0.4 is 4.74 Å². The van der Waals surface area contributed by atoms with Gasteiger partial charge >= 0.3 is 0 Å². The van der Waals surface area contributed by atoms with E-state index in [0.29, 0.717) is 17.8 Å². The van der Waals surface area contributed by atoms with Crippen molar-refractivity contribution in [2.75, 3.05) is 13.7 Å². The number of carbonyl (C=O) groups is 1. The molecule has 1 unspecified atom stereocenters. The Kier molecular flexibility index (Phi) is 3.49.